The third-order valence-corrected chi connectivity index (χ3v) is 6.21. The molecular formula is C32H23N. The van der Waals surface area contributed by atoms with Gasteiger partial charge in [-0.05, 0) is 58.1 Å². The van der Waals surface area contributed by atoms with E-state index in [-0.39, 0.29) is 0 Å². The summed E-state index contributed by atoms with van der Waals surface area (Å²) in [7, 11) is 0. The molecule has 0 radical (unpaired) electrons. The Morgan fingerprint density at radius 2 is 0.970 bits per heavy atom. The first-order valence-corrected chi connectivity index (χ1v) is 11.3. The molecule has 0 amide bonds. The molecule has 0 atom stereocenters. The van der Waals surface area contributed by atoms with Crippen LogP contribution in [0.15, 0.2) is 140 Å². The lowest BCUT2D eigenvalue weighted by atomic mass is 9.99. The van der Waals surface area contributed by atoms with Crippen LogP contribution in [0, 0.1) is 0 Å². The first kappa shape index (κ1) is 19.3. The van der Waals surface area contributed by atoms with Crippen LogP contribution in [0.5, 0.6) is 0 Å². The molecule has 33 heavy (non-hydrogen) atoms. The zero-order valence-corrected chi connectivity index (χ0v) is 18.2. The van der Waals surface area contributed by atoms with Gasteiger partial charge in [0.2, 0.25) is 0 Å². The highest BCUT2D eigenvalue weighted by atomic mass is 15.1. The fourth-order valence-electron chi connectivity index (χ4n) is 4.66. The van der Waals surface area contributed by atoms with Crippen molar-refractivity contribution >= 4 is 38.6 Å². The van der Waals surface area contributed by atoms with Crippen LogP contribution in [0.2, 0.25) is 0 Å². The van der Waals surface area contributed by atoms with Crippen molar-refractivity contribution in [2.45, 2.75) is 0 Å². The molecule has 0 aliphatic carbocycles. The van der Waals surface area contributed by atoms with E-state index in [2.05, 4.69) is 144 Å². The largest absolute Gasteiger partial charge is 0.309 e. The number of hydrogen-bond acceptors (Lipinski definition) is 1. The SMILES string of the molecule is c1ccc(-c2ccccc2N(c2ccccc2)c2cccc3cc4ccccc4cc23)cc1. The molecule has 6 rings (SSSR count). The van der Waals surface area contributed by atoms with Gasteiger partial charge >= 0.3 is 0 Å². The average molecular weight is 422 g/mol. The van der Waals surface area contributed by atoms with Crippen molar-refractivity contribution in [2.24, 2.45) is 0 Å². The van der Waals surface area contributed by atoms with Gasteiger partial charge in [-0.3, -0.25) is 0 Å². The Balaban J connectivity index is 1.66. The Bertz CT molecular complexity index is 1550. The lowest BCUT2D eigenvalue weighted by molar-refractivity contribution is 1.30. The van der Waals surface area contributed by atoms with Crippen molar-refractivity contribution in [3.05, 3.63) is 140 Å². The fourth-order valence-corrected chi connectivity index (χ4v) is 4.66. The summed E-state index contributed by atoms with van der Waals surface area (Å²) in [5.74, 6) is 0. The molecule has 0 saturated carbocycles. The average Bonchev–Trinajstić information content (AvgIpc) is 2.89. The summed E-state index contributed by atoms with van der Waals surface area (Å²) in [5.41, 5.74) is 5.89. The van der Waals surface area contributed by atoms with Crippen LogP contribution in [-0.4, -0.2) is 0 Å². The molecule has 0 heterocycles. The predicted molar refractivity (Wildman–Crippen MR) is 142 cm³/mol. The summed E-state index contributed by atoms with van der Waals surface area (Å²) < 4.78 is 0. The smallest absolute Gasteiger partial charge is 0.0540 e. The molecule has 0 spiro atoms. The summed E-state index contributed by atoms with van der Waals surface area (Å²) in [4.78, 5) is 2.39. The van der Waals surface area contributed by atoms with E-state index in [1.165, 1.54) is 38.4 Å². The second-order valence-electron chi connectivity index (χ2n) is 8.25. The van der Waals surface area contributed by atoms with Gasteiger partial charge < -0.3 is 4.90 Å². The van der Waals surface area contributed by atoms with Crippen LogP contribution in [0.4, 0.5) is 17.1 Å². The maximum atomic E-state index is 2.39. The molecule has 1 nitrogen and oxygen atoms in total. The van der Waals surface area contributed by atoms with Gasteiger partial charge in [-0.15, -0.1) is 0 Å². The maximum Gasteiger partial charge on any atom is 0.0540 e. The highest BCUT2D eigenvalue weighted by molar-refractivity contribution is 6.06. The van der Waals surface area contributed by atoms with Gasteiger partial charge in [-0.2, -0.15) is 0 Å². The van der Waals surface area contributed by atoms with Gasteiger partial charge in [-0.1, -0.05) is 103 Å². The fraction of sp³-hybridized carbons (Fsp3) is 0. The molecule has 0 saturated heterocycles. The Hall–Kier alpha value is -4.36. The van der Waals surface area contributed by atoms with Crippen LogP contribution >= 0.6 is 0 Å². The molecule has 156 valence electrons. The number of fused-ring (bicyclic) bond motifs is 2. The van der Waals surface area contributed by atoms with E-state index in [0.717, 1.165) is 11.4 Å². The van der Waals surface area contributed by atoms with Crippen LogP contribution < -0.4 is 4.90 Å². The molecule has 1 heteroatoms. The van der Waals surface area contributed by atoms with Gasteiger partial charge in [0.05, 0.1) is 11.4 Å². The minimum absolute atomic E-state index is 1.14. The number of nitrogens with zero attached hydrogens (tertiary/aromatic N) is 1. The molecule has 0 aliphatic rings. The molecule has 0 fully saturated rings. The molecule has 0 unspecified atom stereocenters. The Labute approximate surface area is 194 Å². The number of hydrogen-bond donors (Lipinski definition) is 0. The molecule has 0 bridgehead atoms. The van der Waals surface area contributed by atoms with Gasteiger partial charge in [0.15, 0.2) is 0 Å². The predicted octanol–water partition coefficient (Wildman–Crippen LogP) is 9.13. The molecule has 0 aromatic heterocycles. The van der Waals surface area contributed by atoms with Crippen LogP contribution in [0.1, 0.15) is 0 Å². The second-order valence-corrected chi connectivity index (χ2v) is 8.25. The van der Waals surface area contributed by atoms with E-state index in [9.17, 15) is 0 Å². The quantitative estimate of drug-likeness (QED) is 0.256. The van der Waals surface area contributed by atoms with Crippen molar-refractivity contribution in [2.75, 3.05) is 4.90 Å². The zero-order chi connectivity index (χ0) is 22.0. The Morgan fingerprint density at radius 3 is 1.76 bits per heavy atom. The highest BCUT2D eigenvalue weighted by Gasteiger charge is 2.18. The lowest BCUT2D eigenvalue weighted by Gasteiger charge is -2.29. The summed E-state index contributed by atoms with van der Waals surface area (Å²) >= 11 is 0. The van der Waals surface area contributed by atoms with E-state index < -0.39 is 0 Å². The van der Waals surface area contributed by atoms with Crippen molar-refractivity contribution < 1.29 is 0 Å². The number of rotatable bonds is 4. The van der Waals surface area contributed by atoms with Gasteiger partial charge in [0.1, 0.15) is 0 Å². The number of benzene rings is 6. The van der Waals surface area contributed by atoms with Crippen molar-refractivity contribution in [1.29, 1.82) is 0 Å². The van der Waals surface area contributed by atoms with E-state index in [1.54, 1.807) is 0 Å². The molecular weight excluding hydrogens is 398 g/mol. The summed E-state index contributed by atoms with van der Waals surface area (Å²) in [5, 5.41) is 4.99. The minimum atomic E-state index is 1.14. The highest BCUT2D eigenvalue weighted by Crippen LogP contribution is 2.43. The van der Waals surface area contributed by atoms with E-state index in [4.69, 9.17) is 0 Å². The van der Waals surface area contributed by atoms with Crippen molar-refractivity contribution in [3.63, 3.8) is 0 Å². The third-order valence-electron chi connectivity index (χ3n) is 6.21. The molecule has 0 N–H and O–H groups in total. The van der Waals surface area contributed by atoms with E-state index in [0.29, 0.717) is 0 Å². The van der Waals surface area contributed by atoms with Gasteiger partial charge in [0, 0.05) is 16.6 Å². The third kappa shape index (κ3) is 3.54. The zero-order valence-electron chi connectivity index (χ0n) is 18.2. The van der Waals surface area contributed by atoms with Crippen molar-refractivity contribution in [1.82, 2.24) is 0 Å². The second kappa shape index (κ2) is 8.29. The van der Waals surface area contributed by atoms with Crippen molar-refractivity contribution in [3.8, 4) is 11.1 Å². The standard InChI is InChI=1S/C32H23N/c1-3-12-24(13-4-1)29-19-9-10-20-31(29)33(28-17-5-2-6-18-28)32-21-11-16-27-22-25-14-7-8-15-26(25)23-30(27)32/h1-23H. The summed E-state index contributed by atoms with van der Waals surface area (Å²) in [6, 6.07) is 49.7. The van der Waals surface area contributed by atoms with Gasteiger partial charge in [0.25, 0.3) is 0 Å². The Morgan fingerprint density at radius 1 is 0.394 bits per heavy atom. The Kier molecular flexibility index (Phi) is 4.86. The number of anilines is 3. The summed E-state index contributed by atoms with van der Waals surface area (Å²) in [6.07, 6.45) is 0. The lowest BCUT2D eigenvalue weighted by Crippen LogP contribution is -2.11. The first-order valence-electron chi connectivity index (χ1n) is 11.3. The van der Waals surface area contributed by atoms with Crippen LogP contribution in [0.25, 0.3) is 32.7 Å². The van der Waals surface area contributed by atoms with Crippen LogP contribution in [-0.2, 0) is 0 Å². The monoisotopic (exact) mass is 421 g/mol. The topological polar surface area (TPSA) is 3.24 Å². The molecule has 6 aromatic carbocycles. The van der Waals surface area contributed by atoms with E-state index in [1.807, 2.05) is 0 Å². The van der Waals surface area contributed by atoms with Crippen LogP contribution in [0.3, 0.4) is 0 Å². The van der Waals surface area contributed by atoms with Gasteiger partial charge in [-0.25, -0.2) is 0 Å². The first-order chi connectivity index (χ1) is 16.4. The molecule has 6 aromatic rings. The summed E-state index contributed by atoms with van der Waals surface area (Å²) in [6.45, 7) is 0. The normalized spacial score (nSPS) is 11.0. The minimum Gasteiger partial charge on any atom is -0.309 e. The number of para-hydroxylation sites is 2. The van der Waals surface area contributed by atoms with E-state index >= 15 is 0 Å². The maximum absolute atomic E-state index is 2.39. The molecule has 0 aliphatic heterocycles.